The molecule has 1 fully saturated rings. The van der Waals surface area contributed by atoms with Gasteiger partial charge in [0, 0.05) is 37.9 Å². The van der Waals surface area contributed by atoms with E-state index in [1.165, 1.54) is 0 Å². The van der Waals surface area contributed by atoms with Gasteiger partial charge in [0.2, 0.25) is 0 Å². The van der Waals surface area contributed by atoms with Crippen LogP contribution in [0.4, 0.5) is 0 Å². The number of benzene rings is 1. The van der Waals surface area contributed by atoms with Gasteiger partial charge in [-0.1, -0.05) is 27.5 Å². The summed E-state index contributed by atoms with van der Waals surface area (Å²) < 4.78 is 11.2. The van der Waals surface area contributed by atoms with E-state index < -0.39 is 0 Å². The van der Waals surface area contributed by atoms with E-state index in [0.29, 0.717) is 30.8 Å². The Labute approximate surface area is 136 Å². The van der Waals surface area contributed by atoms with Gasteiger partial charge in [-0.25, -0.2) is 0 Å². The van der Waals surface area contributed by atoms with Crippen molar-refractivity contribution < 1.29 is 19.4 Å². The highest BCUT2D eigenvalue weighted by Crippen LogP contribution is 2.33. The lowest BCUT2D eigenvalue weighted by Crippen LogP contribution is -2.54. The van der Waals surface area contributed by atoms with E-state index in [1.807, 2.05) is 0 Å². The second kappa shape index (κ2) is 7.45. The summed E-state index contributed by atoms with van der Waals surface area (Å²) in [5.41, 5.74) is 0.201. The second-order valence-corrected chi connectivity index (χ2v) is 6.16. The Balaban J connectivity index is 1.87. The highest BCUT2D eigenvalue weighted by atomic mass is 79.9. The van der Waals surface area contributed by atoms with Crippen molar-refractivity contribution in [2.45, 2.75) is 12.5 Å². The van der Waals surface area contributed by atoms with Crippen LogP contribution in [-0.2, 0) is 9.47 Å². The molecule has 0 bridgehead atoms. The summed E-state index contributed by atoms with van der Waals surface area (Å²) in [6.07, 6.45) is 0.888. The Bertz CT molecular complexity index is 520. The second-order valence-electron chi connectivity index (χ2n) is 4.83. The first kappa shape index (κ1) is 16.5. The van der Waals surface area contributed by atoms with Crippen LogP contribution in [0.1, 0.15) is 16.8 Å². The van der Waals surface area contributed by atoms with Crippen LogP contribution in [0, 0.1) is 0 Å². The molecule has 1 N–H and O–H groups in total. The molecule has 0 radical (unpaired) electrons. The Morgan fingerprint density at radius 3 is 2.86 bits per heavy atom. The van der Waals surface area contributed by atoms with Gasteiger partial charge in [-0.2, -0.15) is 0 Å². The van der Waals surface area contributed by atoms with E-state index in [9.17, 15) is 9.90 Å². The minimum absolute atomic E-state index is 0.0515. The van der Waals surface area contributed by atoms with Gasteiger partial charge < -0.3 is 19.5 Å². The van der Waals surface area contributed by atoms with Crippen LogP contribution in [0.2, 0.25) is 5.02 Å². The summed E-state index contributed by atoms with van der Waals surface area (Å²) in [6.45, 7) is 2.33. The molecular weight excluding hydrogens is 362 g/mol. The van der Waals surface area contributed by atoms with E-state index in [0.717, 1.165) is 6.42 Å². The molecule has 116 valence electrons. The topological polar surface area (TPSA) is 59.0 Å². The fourth-order valence-corrected chi connectivity index (χ4v) is 2.87. The number of methoxy groups -OCH3 is 1. The first-order valence-electron chi connectivity index (χ1n) is 6.60. The van der Waals surface area contributed by atoms with E-state index in [2.05, 4.69) is 15.9 Å². The summed E-state index contributed by atoms with van der Waals surface area (Å²) >= 11 is 9.13. The fourth-order valence-electron chi connectivity index (χ4n) is 2.06. The molecule has 2 rings (SSSR count). The average Bonchev–Trinajstić information content (AvgIpc) is 2.40. The molecule has 1 aromatic carbocycles. The number of hydrogen-bond acceptors (Lipinski definition) is 4. The largest absolute Gasteiger partial charge is 0.506 e. The van der Waals surface area contributed by atoms with E-state index in [4.69, 9.17) is 21.1 Å². The minimum atomic E-state index is -0.243. The zero-order valence-electron chi connectivity index (χ0n) is 11.6. The molecule has 0 saturated carbocycles. The number of rotatable bonds is 6. The van der Waals surface area contributed by atoms with E-state index in [1.54, 1.807) is 24.1 Å². The average molecular weight is 379 g/mol. The first-order valence-corrected chi connectivity index (χ1v) is 7.78. The normalized spacial score (nSPS) is 15.1. The molecule has 0 aromatic heterocycles. The third kappa shape index (κ3) is 4.10. The molecule has 0 unspecified atom stereocenters. The highest BCUT2D eigenvalue weighted by Gasteiger charge is 2.33. The highest BCUT2D eigenvalue weighted by molar-refractivity contribution is 9.10. The Morgan fingerprint density at radius 1 is 1.48 bits per heavy atom. The molecule has 0 aliphatic carbocycles. The monoisotopic (exact) mass is 377 g/mol. The summed E-state index contributed by atoms with van der Waals surface area (Å²) in [5, 5.41) is 10.0. The smallest absolute Gasteiger partial charge is 0.257 e. The van der Waals surface area contributed by atoms with Crippen molar-refractivity contribution in [2.24, 2.45) is 0 Å². The Morgan fingerprint density at radius 2 is 2.19 bits per heavy atom. The number of phenolic OH excluding ortho intramolecular Hbond substituents is 1. The number of amides is 1. The predicted octanol–water partition coefficient (Wildman–Crippen LogP) is 2.69. The maximum absolute atomic E-state index is 12.3. The van der Waals surface area contributed by atoms with Crippen molar-refractivity contribution in [1.29, 1.82) is 0 Å². The summed E-state index contributed by atoms with van der Waals surface area (Å²) in [6, 6.07) is 3.11. The van der Waals surface area contributed by atoms with Gasteiger partial charge in [0.15, 0.2) is 0 Å². The van der Waals surface area contributed by atoms with Crippen molar-refractivity contribution >= 4 is 33.4 Å². The molecule has 0 atom stereocenters. The summed E-state index contributed by atoms with van der Waals surface area (Å²) in [4.78, 5) is 13.9. The zero-order chi connectivity index (χ0) is 15.4. The number of likely N-dealkylation sites (tertiary alicyclic amines) is 1. The van der Waals surface area contributed by atoms with Crippen LogP contribution in [0.15, 0.2) is 16.6 Å². The number of halogens is 2. The Kier molecular flexibility index (Phi) is 5.87. The molecule has 1 saturated heterocycles. The lowest BCUT2D eigenvalue weighted by molar-refractivity contribution is -0.0465. The zero-order valence-corrected chi connectivity index (χ0v) is 14.0. The van der Waals surface area contributed by atoms with Crippen LogP contribution in [0.25, 0.3) is 0 Å². The first-order chi connectivity index (χ1) is 10.0. The molecule has 1 aliphatic heterocycles. The SMILES string of the molecule is COCCCOC1CN(C(=O)c2cc(Br)cc(Cl)c2O)C1. The van der Waals surface area contributed by atoms with Crippen molar-refractivity contribution in [2.75, 3.05) is 33.4 Å². The third-order valence-corrected chi connectivity index (χ3v) is 3.99. The fraction of sp³-hybridized carbons (Fsp3) is 0.500. The van der Waals surface area contributed by atoms with Crippen molar-refractivity contribution in [3.63, 3.8) is 0 Å². The van der Waals surface area contributed by atoms with Gasteiger partial charge in [0.25, 0.3) is 5.91 Å². The molecule has 21 heavy (non-hydrogen) atoms. The minimum Gasteiger partial charge on any atom is -0.506 e. The maximum Gasteiger partial charge on any atom is 0.257 e. The number of hydrogen-bond donors (Lipinski definition) is 1. The Hall–Kier alpha value is -0.820. The maximum atomic E-state index is 12.3. The number of carbonyl (C=O) groups is 1. The summed E-state index contributed by atoms with van der Waals surface area (Å²) in [7, 11) is 1.65. The van der Waals surface area contributed by atoms with Gasteiger partial charge in [-0.15, -0.1) is 0 Å². The molecule has 1 aromatic rings. The number of ether oxygens (including phenoxy) is 2. The van der Waals surface area contributed by atoms with E-state index >= 15 is 0 Å². The number of carbonyl (C=O) groups excluding carboxylic acids is 1. The van der Waals surface area contributed by atoms with Crippen LogP contribution in [0.5, 0.6) is 5.75 Å². The lowest BCUT2D eigenvalue weighted by Gasteiger charge is -2.39. The van der Waals surface area contributed by atoms with Gasteiger partial charge in [-0.3, -0.25) is 4.79 Å². The molecular formula is C14H17BrClNO4. The third-order valence-electron chi connectivity index (χ3n) is 3.24. The van der Waals surface area contributed by atoms with Gasteiger partial charge in [0.05, 0.1) is 16.7 Å². The number of aromatic hydroxyl groups is 1. The van der Waals surface area contributed by atoms with Crippen molar-refractivity contribution in [3.8, 4) is 5.75 Å². The summed E-state index contributed by atoms with van der Waals surface area (Å²) in [5.74, 6) is -0.429. The quantitative estimate of drug-likeness (QED) is 0.773. The van der Waals surface area contributed by atoms with Crippen LogP contribution >= 0.6 is 27.5 Å². The predicted molar refractivity (Wildman–Crippen MR) is 83.0 cm³/mol. The molecule has 7 heteroatoms. The van der Waals surface area contributed by atoms with Crippen molar-refractivity contribution in [1.82, 2.24) is 4.90 Å². The molecule has 0 spiro atoms. The molecule has 5 nitrogen and oxygen atoms in total. The van der Waals surface area contributed by atoms with Gasteiger partial charge in [0.1, 0.15) is 5.75 Å². The molecule has 1 aliphatic rings. The van der Waals surface area contributed by atoms with Gasteiger partial charge in [-0.05, 0) is 18.6 Å². The molecule has 1 heterocycles. The van der Waals surface area contributed by atoms with Crippen LogP contribution in [-0.4, -0.2) is 55.4 Å². The lowest BCUT2D eigenvalue weighted by atomic mass is 10.1. The van der Waals surface area contributed by atoms with Gasteiger partial charge >= 0.3 is 0 Å². The van der Waals surface area contributed by atoms with E-state index in [-0.39, 0.29) is 28.3 Å². The van der Waals surface area contributed by atoms with Crippen LogP contribution < -0.4 is 0 Å². The van der Waals surface area contributed by atoms with Crippen molar-refractivity contribution in [3.05, 3.63) is 27.2 Å². The number of nitrogens with zero attached hydrogens (tertiary/aromatic N) is 1. The standard InChI is InChI=1S/C14H17BrClNO4/c1-20-3-2-4-21-10-7-17(8-10)14(19)11-5-9(15)6-12(16)13(11)18/h5-6,10,18H,2-4,7-8H2,1H3. The molecule has 1 amide bonds. The number of phenols is 1. The van der Waals surface area contributed by atoms with Crippen LogP contribution in [0.3, 0.4) is 0 Å².